The fraction of sp³-hybridized carbons (Fsp3) is 0.346. The standard InChI is InChI=1S/C26H30N2O3/c1-19(2)11-5-3-4-10-18-31-26(30)22-14-8-9-15-23(22)27-28-24-16-17-25(29)21-13-7-6-12-20(21)24/h6-9,12-17,19,29H,3-5,10-11,18H2,1-2H3/b28-27+. The number of phenolic OH excluding ortho intramolecular Hbond substituents is 1. The van der Waals surface area contributed by atoms with Crippen LogP contribution >= 0.6 is 0 Å². The Morgan fingerprint density at radius 2 is 1.52 bits per heavy atom. The van der Waals surface area contributed by atoms with Gasteiger partial charge in [-0.1, -0.05) is 75.9 Å². The van der Waals surface area contributed by atoms with Gasteiger partial charge < -0.3 is 9.84 Å². The largest absolute Gasteiger partial charge is 0.507 e. The molecule has 0 bridgehead atoms. The molecule has 0 saturated heterocycles. The van der Waals surface area contributed by atoms with Crippen LogP contribution in [0.1, 0.15) is 56.3 Å². The lowest BCUT2D eigenvalue weighted by atomic mass is 10.0. The van der Waals surface area contributed by atoms with Crippen molar-refractivity contribution in [3.8, 4) is 5.75 Å². The number of azo groups is 1. The van der Waals surface area contributed by atoms with Crippen molar-refractivity contribution >= 4 is 28.1 Å². The van der Waals surface area contributed by atoms with Crippen molar-refractivity contribution in [3.63, 3.8) is 0 Å². The molecule has 0 radical (unpaired) electrons. The number of ether oxygens (including phenoxy) is 1. The molecule has 1 N–H and O–H groups in total. The van der Waals surface area contributed by atoms with Gasteiger partial charge in [-0.25, -0.2) is 4.79 Å². The summed E-state index contributed by atoms with van der Waals surface area (Å²) in [6.07, 6.45) is 5.57. The van der Waals surface area contributed by atoms with E-state index in [-0.39, 0.29) is 11.7 Å². The molecule has 3 aromatic carbocycles. The highest BCUT2D eigenvalue weighted by atomic mass is 16.5. The van der Waals surface area contributed by atoms with Gasteiger partial charge in [-0.3, -0.25) is 0 Å². The number of benzene rings is 3. The molecule has 0 aliphatic heterocycles. The number of nitrogens with zero attached hydrogens (tertiary/aromatic N) is 2. The Hall–Kier alpha value is -3.21. The number of rotatable bonds is 10. The summed E-state index contributed by atoms with van der Waals surface area (Å²) < 4.78 is 5.46. The molecule has 0 heterocycles. The van der Waals surface area contributed by atoms with Gasteiger partial charge in [0.2, 0.25) is 0 Å². The number of hydrogen-bond donors (Lipinski definition) is 1. The van der Waals surface area contributed by atoms with Crippen molar-refractivity contribution in [1.82, 2.24) is 0 Å². The first kappa shape index (κ1) is 22.5. The second-order valence-electron chi connectivity index (χ2n) is 8.10. The molecule has 0 fully saturated rings. The van der Waals surface area contributed by atoms with E-state index in [0.717, 1.165) is 24.1 Å². The maximum atomic E-state index is 12.6. The van der Waals surface area contributed by atoms with Gasteiger partial charge in [0.25, 0.3) is 0 Å². The molecule has 0 unspecified atom stereocenters. The zero-order chi connectivity index (χ0) is 22.1. The van der Waals surface area contributed by atoms with Gasteiger partial charge in [0.1, 0.15) is 11.4 Å². The predicted molar refractivity (Wildman–Crippen MR) is 124 cm³/mol. The van der Waals surface area contributed by atoms with Gasteiger partial charge in [0.15, 0.2) is 0 Å². The van der Waals surface area contributed by atoms with Crippen LogP contribution in [0.5, 0.6) is 5.75 Å². The SMILES string of the molecule is CC(C)CCCCCCOC(=O)c1ccccc1/N=N/c1ccc(O)c2ccccc12. The normalized spacial score (nSPS) is 11.5. The average molecular weight is 419 g/mol. The molecule has 0 amide bonds. The zero-order valence-electron chi connectivity index (χ0n) is 18.3. The number of esters is 1. The van der Waals surface area contributed by atoms with Crippen LogP contribution in [0.3, 0.4) is 0 Å². The lowest BCUT2D eigenvalue weighted by Gasteiger charge is -2.07. The fourth-order valence-corrected chi connectivity index (χ4v) is 3.45. The van der Waals surface area contributed by atoms with Crippen molar-refractivity contribution in [2.45, 2.75) is 46.0 Å². The van der Waals surface area contributed by atoms with E-state index in [4.69, 9.17) is 4.74 Å². The smallest absolute Gasteiger partial charge is 0.340 e. The molecule has 0 spiro atoms. The van der Waals surface area contributed by atoms with Gasteiger partial charge in [-0.15, -0.1) is 10.2 Å². The molecule has 0 aliphatic carbocycles. The van der Waals surface area contributed by atoms with Crippen LogP contribution in [0.25, 0.3) is 10.8 Å². The Morgan fingerprint density at radius 1 is 0.839 bits per heavy atom. The minimum absolute atomic E-state index is 0.197. The van der Waals surface area contributed by atoms with Crippen molar-refractivity contribution in [1.29, 1.82) is 0 Å². The summed E-state index contributed by atoms with van der Waals surface area (Å²) in [4.78, 5) is 12.6. The molecule has 5 heteroatoms. The van der Waals surface area contributed by atoms with Gasteiger partial charge in [-0.2, -0.15) is 0 Å². The van der Waals surface area contributed by atoms with E-state index in [1.54, 1.807) is 30.3 Å². The molecule has 3 rings (SSSR count). The molecule has 5 nitrogen and oxygen atoms in total. The summed E-state index contributed by atoms with van der Waals surface area (Å²) in [6.45, 7) is 4.88. The van der Waals surface area contributed by atoms with E-state index in [9.17, 15) is 9.90 Å². The fourth-order valence-electron chi connectivity index (χ4n) is 3.45. The number of hydrogen-bond acceptors (Lipinski definition) is 5. The first-order chi connectivity index (χ1) is 15.1. The first-order valence-electron chi connectivity index (χ1n) is 10.9. The number of aromatic hydroxyl groups is 1. The van der Waals surface area contributed by atoms with E-state index in [1.807, 2.05) is 30.3 Å². The third kappa shape index (κ3) is 6.38. The second kappa shape index (κ2) is 11.3. The van der Waals surface area contributed by atoms with Crippen molar-refractivity contribution < 1.29 is 14.6 Å². The van der Waals surface area contributed by atoms with E-state index < -0.39 is 0 Å². The van der Waals surface area contributed by atoms with Gasteiger partial charge in [0, 0.05) is 10.8 Å². The Kier molecular flexibility index (Phi) is 8.16. The highest BCUT2D eigenvalue weighted by Crippen LogP contribution is 2.33. The highest BCUT2D eigenvalue weighted by Gasteiger charge is 2.12. The van der Waals surface area contributed by atoms with E-state index in [0.29, 0.717) is 28.9 Å². The van der Waals surface area contributed by atoms with Crippen molar-refractivity contribution in [2.24, 2.45) is 16.1 Å². The molecular weight excluding hydrogens is 388 g/mol. The van der Waals surface area contributed by atoms with Gasteiger partial charge in [0.05, 0.1) is 17.9 Å². The number of fused-ring (bicyclic) bond motifs is 1. The van der Waals surface area contributed by atoms with E-state index in [1.165, 1.54) is 19.3 Å². The van der Waals surface area contributed by atoms with Crippen LogP contribution in [0.15, 0.2) is 70.9 Å². The predicted octanol–water partition coefficient (Wildman–Crippen LogP) is 7.72. The second-order valence-corrected chi connectivity index (χ2v) is 8.10. The summed E-state index contributed by atoms with van der Waals surface area (Å²) in [5.41, 5.74) is 1.48. The molecule has 31 heavy (non-hydrogen) atoms. The zero-order valence-corrected chi connectivity index (χ0v) is 18.3. The molecule has 0 atom stereocenters. The van der Waals surface area contributed by atoms with Crippen molar-refractivity contribution in [2.75, 3.05) is 6.61 Å². The third-order valence-electron chi connectivity index (χ3n) is 5.18. The molecule has 3 aromatic rings. The Bertz CT molecular complexity index is 1040. The van der Waals surface area contributed by atoms with Crippen LogP contribution < -0.4 is 0 Å². The number of phenols is 1. The summed E-state index contributed by atoms with van der Waals surface area (Å²) in [7, 11) is 0. The van der Waals surface area contributed by atoms with E-state index in [2.05, 4.69) is 24.1 Å². The quantitative estimate of drug-likeness (QED) is 0.208. The molecule has 0 saturated carbocycles. The Labute approximate surface area is 183 Å². The van der Waals surface area contributed by atoms with Crippen LogP contribution in [0.4, 0.5) is 11.4 Å². The topological polar surface area (TPSA) is 71.2 Å². The third-order valence-corrected chi connectivity index (χ3v) is 5.18. The minimum atomic E-state index is -0.382. The number of carbonyl (C=O) groups is 1. The van der Waals surface area contributed by atoms with Gasteiger partial charge in [-0.05, 0) is 36.6 Å². The number of carbonyl (C=O) groups excluding carboxylic acids is 1. The maximum Gasteiger partial charge on any atom is 0.340 e. The summed E-state index contributed by atoms with van der Waals surface area (Å²) in [6, 6.07) is 17.8. The lowest BCUT2D eigenvalue weighted by molar-refractivity contribution is 0.0498. The molecular formula is C26H30N2O3. The first-order valence-corrected chi connectivity index (χ1v) is 10.9. The van der Waals surface area contributed by atoms with Gasteiger partial charge >= 0.3 is 5.97 Å². The van der Waals surface area contributed by atoms with Crippen molar-refractivity contribution in [3.05, 3.63) is 66.2 Å². The number of unbranched alkanes of at least 4 members (excludes halogenated alkanes) is 3. The van der Waals surface area contributed by atoms with Crippen LogP contribution in [0, 0.1) is 5.92 Å². The maximum absolute atomic E-state index is 12.6. The Morgan fingerprint density at radius 3 is 2.32 bits per heavy atom. The van der Waals surface area contributed by atoms with Crippen LogP contribution in [-0.2, 0) is 4.74 Å². The van der Waals surface area contributed by atoms with Crippen LogP contribution in [-0.4, -0.2) is 17.7 Å². The molecule has 0 aliphatic rings. The molecule has 162 valence electrons. The minimum Gasteiger partial charge on any atom is -0.507 e. The highest BCUT2D eigenvalue weighted by molar-refractivity contribution is 5.97. The summed E-state index contributed by atoms with van der Waals surface area (Å²) in [5.74, 6) is 0.554. The Balaban J connectivity index is 1.63. The summed E-state index contributed by atoms with van der Waals surface area (Å²) in [5, 5.41) is 20.2. The average Bonchev–Trinajstić information content (AvgIpc) is 2.78. The monoisotopic (exact) mass is 418 g/mol. The lowest BCUT2D eigenvalue weighted by Crippen LogP contribution is -2.06. The van der Waals surface area contributed by atoms with Crippen LogP contribution in [0.2, 0.25) is 0 Å². The van der Waals surface area contributed by atoms with E-state index >= 15 is 0 Å². The molecule has 0 aromatic heterocycles. The summed E-state index contributed by atoms with van der Waals surface area (Å²) >= 11 is 0.